The van der Waals surface area contributed by atoms with E-state index < -0.39 is 0 Å². The van der Waals surface area contributed by atoms with Crippen LogP contribution >= 0.6 is 0 Å². The lowest BCUT2D eigenvalue weighted by atomic mass is 9.90. The average molecular weight is 247 g/mol. The zero-order valence-electron chi connectivity index (χ0n) is 11.5. The number of hydrogen-bond acceptors (Lipinski definition) is 1. The fourth-order valence-corrected chi connectivity index (χ4v) is 2.49. The van der Waals surface area contributed by atoms with E-state index in [2.05, 4.69) is 25.4 Å². The van der Waals surface area contributed by atoms with Crippen molar-refractivity contribution < 1.29 is 4.79 Å². The number of nitrogens with one attached hydrogen (secondary N) is 1. The highest BCUT2D eigenvalue weighted by atomic mass is 16.1. The van der Waals surface area contributed by atoms with Crippen LogP contribution in [0.25, 0.3) is 0 Å². The summed E-state index contributed by atoms with van der Waals surface area (Å²) in [7, 11) is 0. The highest BCUT2D eigenvalue weighted by Gasteiger charge is 2.17. The molecule has 1 N–H and O–H groups in total. The summed E-state index contributed by atoms with van der Waals surface area (Å²) in [6.45, 7) is 9.59. The molecule has 0 spiro atoms. The van der Waals surface area contributed by atoms with Crippen LogP contribution in [0, 0.1) is 5.92 Å². The molecule has 1 rings (SSSR count). The van der Waals surface area contributed by atoms with Crippen LogP contribution in [0.1, 0.15) is 45.4 Å². The first kappa shape index (κ1) is 14.7. The Bertz CT molecular complexity index is 320. The number of amides is 1. The molecule has 1 saturated carbocycles. The number of carbonyl (C=O) groups excluding carboxylic acids is 1. The van der Waals surface area contributed by atoms with Gasteiger partial charge in [-0.05, 0) is 18.8 Å². The maximum Gasteiger partial charge on any atom is 0.251 e. The van der Waals surface area contributed by atoms with Crippen molar-refractivity contribution >= 4 is 5.91 Å². The lowest BCUT2D eigenvalue weighted by Gasteiger charge is -2.23. The van der Waals surface area contributed by atoms with E-state index in [0.717, 1.165) is 18.8 Å². The minimum Gasteiger partial charge on any atom is -0.349 e. The van der Waals surface area contributed by atoms with Gasteiger partial charge in [0.2, 0.25) is 0 Å². The first-order chi connectivity index (χ1) is 8.67. The van der Waals surface area contributed by atoms with E-state index in [1.165, 1.54) is 25.7 Å². The zero-order chi connectivity index (χ0) is 13.4. The van der Waals surface area contributed by atoms with Crippen LogP contribution in [0.15, 0.2) is 37.0 Å². The Hall–Kier alpha value is -1.31. The van der Waals surface area contributed by atoms with E-state index in [0.29, 0.717) is 11.6 Å². The van der Waals surface area contributed by atoms with Gasteiger partial charge in [0.1, 0.15) is 0 Å². The minimum atomic E-state index is -0.0245. The Labute approximate surface area is 111 Å². The van der Waals surface area contributed by atoms with Gasteiger partial charge in [0.05, 0.1) is 0 Å². The first-order valence-electron chi connectivity index (χ1n) is 6.93. The van der Waals surface area contributed by atoms with Crippen LogP contribution in [-0.4, -0.2) is 11.9 Å². The molecule has 0 aliphatic heterocycles. The Morgan fingerprint density at radius 2 is 1.78 bits per heavy atom. The number of allylic oxidation sites excluding steroid dienone is 2. The third kappa shape index (κ3) is 4.91. The summed E-state index contributed by atoms with van der Waals surface area (Å²) in [4.78, 5) is 12.0. The van der Waals surface area contributed by atoms with Gasteiger partial charge in [-0.3, -0.25) is 4.79 Å². The van der Waals surface area contributed by atoms with E-state index in [1.807, 2.05) is 0 Å². The molecule has 0 aromatic carbocycles. The van der Waals surface area contributed by atoms with Crippen molar-refractivity contribution in [1.29, 1.82) is 0 Å². The van der Waals surface area contributed by atoms with E-state index in [-0.39, 0.29) is 5.91 Å². The molecular weight excluding hydrogens is 222 g/mol. The van der Waals surface area contributed by atoms with Gasteiger partial charge in [-0.25, -0.2) is 0 Å². The maximum atomic E-state index is 12.0. The van der Waals surface area contributed by atoms with Crippen molar-refractivity contribution in [3.8, 4) is 0 Å². The van der Waals surface area contributed by atoms with Crippen molar-refractivity contribution in [2.75, 3.05) is 0 Å². The second kappa shape index (κ2) is 7.91. The van der Waals surface area contributed by atoms with E-state index in [9.17, 15) is 4.79 Å². The number of hydrogen-bond donors (Lipinski definition) is 1. The molecule has 0 unspecified atom stereocenters. The van der Waals surface area contributed by atoms with Gasteiger partial charge in [-0.1, -0.05) is 64.0 Å². The molecule has 0 heterocycles. The summed E-state index contributed by atoms with van der Waals surface area (Å²) < 4.78 is 0. The molecule has 1 fully saturated rings. The highest BCUT2D eigenvalue weighted by Crippen LogP contribution is 2.22. The van der Waals surface area contributed by atoms with Gasteiger partial charge in [-0.2, -0.15) is 0 Å². The van der Waals surface area contributed by atoms with Crippen molar-refractivity contribution in [1.82, 2.24) is 5.32 Å². The van der Waals surface area contributed by atoms with Crippen LogP contribution in [-0.2, 0) is 4.79 Å². The summed E-state index contributed by atoms with van der Waals surface area (Å²) in [6.07, 6.45) is 12.1. The summed E-state index contributed by atoms with van der Waals surface area (Å²) in [5.74, 6) is 0.814. The molecule has 1 aliphatic carbocycles. The molecule has 0 saturated heterocycles. The minimum absolute atomic E-state index is 0.0245. The van der Waals surface area contributed by atoms with Crippen molar-refractivity contribution in [2.45, 2.75) is 51.5 Å². The van der Waals surface area contributed by atoms with Gasteiger partial charge < -0.3 is 5.32 Å². The molecule has 1 amide bonds. The molecule has 0 bridgehead atoms. The molecule has 2 nitrogen and oxygen atoms in total. The van der Waals surface area contributed by atoms with Crippen molar-refractivity contribution in [3.63, 3.8) is 0 Å². The van der Waals surface area contributed by atoms with E-state index in [1.54, 1.807) is 18.2 Å². The zero-order valence-corrected chi connectivity index (χ0v) is 11.5. The fraction of sp³-hybridized carbons (Fsp3) is 0.562. The largest absolute Gasteiger partial charge is 0.349 e. The van der Waals surface area contributed by atoms with Crippen LogP contribution < -0.4 is 5.32 Å². The number of rotatable bonds is 4. The molecule has 1 aliphatic rings. The van der Waals surface area contributed by atoms with E-state index in [4.69, 9.17) is 0 Å². The predicted molar refractivity (Wildman–Crippen MR) is 77.3 cm³/mol. The first-order valence-corrected chi connectivity index (χ1v) is 6.93. The van der Waals surface area contributed by atoms with Crippen LogP contribution in [0.5, 0.6) is 0 Å². The predicted octanol–water partition coefficient (Wildman–Crippen LogP) is 3.76. The molecule has 2 heteroatoms. The Morgan fingerprint density at radius 1 is 1.17 bits per heavy atom. The highest BCUT2D eigenvalue weighted by molar-refractivity contribution is 5.96. The summed E-state index contributed by atoms with van der Waals surface area (Å²) in [5.41, 5.74) is 0.598. The molecule has 0 aromatic heterocycles. The lowest BCUT2D eigenvalue weighted by molar-refractivity contribution is -0.118. The van der Waals surface area contributed by atoms with Crippen molar-refractivity contribution in [2.24, 2.45) is 5.92 Å². The monoisotopic (exact) mass is 247 g/mol. The maximum absolute atomic E-state index is 12.0. The normalized spacial score (nSPS) is 25.7. The Morgan fingerprint density at radius 3 is 2.28 bits per heavy atom. The molecule has 18 heavy (non-hydrogen) atoms. The SMILES string of the molecule is C=C/C=C(\C=C)C(=O)NC1CCCC(C)CCC1. The summed E-state index contributed by atoms with van der Waals surface area (Å²) in [6, 6.07) is 0.318. The second-order valence-corrected chi connectivity index (χ2v) is 5.20. The van der Waals surface area contributed by atoms with Gasteiger partial charge >= 0.3 is 0 Å². The molecule has 0 atom stereocenters. The third-order valence-corrected chi connectivity index (χ3v) is 3.61. The van der Waals surface area contributed by atoms with Crippen LogP contribution in [0.4, 0.5) is 0 Å². The molecule has 0 radical (unpaired) electrons. The fourth-order valence-electron chi connectivity index (χ4n) is 2.49. The topological polar surface area (TPSA) is 29.1 Å². The Balaban J connectivity index is 2.50. The standard InChI is InChI=1S/C16H25NO/c1-4-8-14(5-2)16(18)17-15-11-6-9-13(3)10-7-12-15/h4-5,8,13,15H,1-2,6-7,9-12H2,3H3,(H,17,18)/b14-8+. The lowest BCUT2D eigenvalue weighted by Crippen LogP contribution is -2.36. The third-order valence-electron chi connectivity index (χ3n) is 3.61. The average Bonchev–Trinajstić information content (AvgIpc) is 2.32. The van der Waals surface area contributed by atoms with Crippen LogP contribution in [0.3, 0.4) is 0 Å². The van der Waals surface area contributed by atoms with Gasteiger partial charge in [0.15, 0.2) is 0 Å². The van der Waals surface area contributed by atoms with Crippen LogP contribution in [0.2, 0.25) is 0 Å². The summed E-state index contributed by atoms with van der Waals surface area (Å²) >= 11 is 0. The quantitative estimate of drug-likeness (QED) is 0.595. The van der Waals surface area contributed by atoms with E-state index >= 15 is 0 Å². The smallest absolute Gasteiger partial charge is 0.251 e. The van der Waals surface area contributed by atoms with Gasteiger partial charge in [-0.15, -0.1) is 0 Å². The Kier molecular flexibility index (Phi) is 6.48. The summed E-state index contributed by atoms with van der Waals surface area (Å²) in [5, 5.41) is 3.11. The van der Waals surface area contributed by atoms with Gasteiger partial charge in [0.25, 0.3) is 5.91 Å². The second-order valence-electron chi connectivity index (χ2n) is 5.20. The van der Waals surface area contributed by atoms with Crippen molar-refractivity contribution in [3.05, 3.63) is 37.0 Å². The van der Waals surface area contributed by atoms with Gasteiger partial charge in [0, 0.05) is 11.6 Å². The molecular formula is C16H25NO. The molecule has 100 valence electrons. The number of carbonyl (C=O) groups is 1. The molecule has 0 aromatic rings.